The summed E-state index contributed by atoms with van der Waals surface area (Å²) in [7, 11) is 0. The lowest BCUT2D eigenvalue weighted by molar-refractivity contribution is -0.385. The van der Waals surface area contributed by atoms with Crippen molar-refractivity contribution in [2.75, 3.05) is 5.32 Å². The summed E-state index contributed by atoms with van der Waals surface area (Å²) in [5.74, 6) is -0.460. The Morgan fingerprint density at radius 3 is 2.40 bits per heavy atom. The summed E-state index contributed by atoms with van der Waals surface area (Å²) in [5, 5.41) is 22.4. The molecule has 0 saturated heterocycles. The average Bonchev–Trinajstić information content (AvgIpc) is 2.75. The molecule has 3 aromatic rings. The van der Waals surface area contributed by atoms with E-state index in [1.54, 1.807) is 24.3 Å². The highest BCUT2D eigenvalue weighted by Gasteiger charge is 2.10. The molecule has 0 aliphatic heterocycles. The van der Waals surface area contributed by atoms with Gasteiger partial charge in [-0.2, -0.15) is 5.26 Å². The highest BCUT2D eigenvalue weighted by Crippen LogP contribution is 2.22. The molecule has 1 amide bonds. The van der Waals surface area contributed by atoms with Gasteiger partial charge in [0.05, 0.1) is 4.92 Å². The predicted molar refractivity (Wildman–Crippen MR) is 106 cm³/mol. The number of hydrogen-bond acceptors (Lipinski definition) is 6. The maximum Gasteiger partial charge on any atom is 0.287 e. The number of nitrogens with zero attached hydrogens (tertiary/aromatic N) is 3. The largest absolute Gasteiger partial charge is 0.439 e. The van der Waals surface area contributed by atoms with E-state index in [-0.39, 0.29) is 17.1 Å². The van der Waals surface area contributed by atoms with Gasteiger partial charge in [0.1, 0.15) is 29.4 Å². The Bertz CT molecular complexity index is 1140. The average molecular weight is 404 g/mol. The molecule has 2 aromatic carbocycles. The lowest BCUT2D eigenvalue weighted by Crippen LogP contribution is -2.13. The molecule has 0 radical (unpaired) electrons. The molecule has 0 fully saturated rings. The molecule has 0 atom stereocenters. The number of nitrogens with one attached hydrogen (secondary N) is 1. The zero-order chi connectivity index (χ0) is 21.5. The molecule has 1 heterocycles. The summed E-state index contributed by atoms with van der Waals surface area (Å²) in [6.07, 6.45) is 2.48. The van der Waals surface area contributed by atoms with E-state index in [9.17, 15) is 24.6 Å². The highest BCUT2D eigenvalue weighted by atomic mass is 19.1. The molecule has 1 aromatic heterocycles. The summed E-state index contributed by atoms with van der Waals surface area (Å²) in [6, 6.07) is 16.1. The summed E-state index contributed by atoms with van der Waals surface area (Å²) in [4.78, 5) is 26.2. The molecule has 9 heteroatoms. The van der Waals surface area contributed by atoms with Crippen LogP contribution in [0.25, 0.3) is 6.08 Å². The monoisotopic (exact) mass is 404 g/mol. The summed E-state index contributed by atoms with van der Waals surface area (Å²) in [5.41, 5.74) is 0.655. The molecule has 1 N–H and O–H groups in total. The number of nitriles is 1. The van der Waals surface area contributed by atoms with Crippen molar-refractivity contribution in [2.45, 2.75) is 0 Å². The van der Waals surface area contributed by atoms with E-state index in [2.05, 4.69) is 10.3 Å². The van der Waals surface area contributed by atoms with E-state index < -0.39 is 16.6 Å². The van der Waals surface area contributed by atoms with Gasteiger partial charge in [-0.1, -0.05) is 12.1 Å². The summed E-state index contributed by atoms with van der Waals surface area (Å²) in [6.45, 7) is 0. The van der Waals surface area contributed by atoms with Crippen molar-refractivity contribution in [1.29, 1.82) is 5.26 Å². The molecule has 3 rings (SSSR count). The minimum Gasteiger partial charge on any atom is -0.439 e. The highest BCUT2D eigenvalue weighted by molar-refractivity contribution is 6.09. The van der Waals surface area contributed by atoms with Crippen LogP contribution in [-0.4, -0.2) is 15.8 Å². The van der Waals surface area contributed by atoms with Crippen LogP contribution in [0, 0.1) is 27.3 Å². The predicted octanol–water partition coefficient (Wildman–Crippen LogP) is 4.47. The Hall–Kier alpha value is -4.58. The Labute approximate surface area is 170 Å². The first-order valence-electron chi connectivity index (χ1n) is 8.51. The Kier molecular flexibility index (Phi) is 6.10. The standard InChI is InChI=1S/C21H13FN4O4/c22-16-3-5-17(6-4-16)25-21(27)15(12-23)11-14-1-8-19(9-2-14)30-20-10-7-18(13-24-20)26(28)29/h1-11,13H,(H,25,27)/b15-11+. The van der Waals surface area contributed by atoms with Crippen molar-refractivity contribution in [3.63, 3.8) is 0 Å². The van der Waals surface area contributed by atoms with Crippen molar-refractivity contribution >= 4 is 23.4 Å². The molecule has 8 nitrogen and oxygen atoms in total. The molecule has 0 aliphatic rings. The third kappa shape index (κ3) is 5.24. The quantitative estimate of drug-likeness (QED) is 0.280. The number of amides is 1. The van der Waals surface area contributed by atoms with Crippen molar-refractivity contribution in [2.24, 2.45) is 0 Å². The second-order valence-corrected chi connectivity index (χ2v) is 5.91. The molecule has 0 unspecified atom stereocenters. The van der Waals surface area contributed by atoms with Gasteiger partial charge in [-0.15, -0.1) is 0 Å². The maximum atomic E-state index is 12.9. The number of rotatable bonds is 6. The van der Waals surface area contributed by atoms with Gasteiger partial charge in [-0.25, -0.2) is 9.37 Å². The number of nitro groups is 1. The molecule has 0 spiro atoms. The van der Waals surface area contributed by atoms with Gasteiger partial charge in [0.2, 0.25) is 5.88 Å². The number of carbonyl (C=O) groups is 1. The van der Waals surface area contributed by atoms with E-state index >= 15 is 0 Å². The van der Waals surface area contributed by atoms with Crippen LogP contribution in [0.4, 0.5) is 15.8 Å². The third-order valence-corrected chi connectivity index (χ3v) is 3.81. The van der Waals surface area contributed by atoms with Crippen molar-refractivity contribution in [3.05, 3.63) is 93.9 Å². The number of carbonyl (C=O) groups excluding carboxylic acids is 1. The number of aromatic nitrogens is 1. The van der Waals surface area contributed by atoms with Crippen LogP contribution in [-0.2, 0) is 4.79 Å². The van der Waals surface area contributed by atoms with E-state index in [1.165, 1.54) is 42.5 Å². The van der Waals surface area contributed by atoms with Crippen LogP contribution in [0.15, 0.2) is 72.4 Å². The normalized spacial score (nSPS) is 10.7. The van der Waals surface area contributed by atoms with Gasteiger partial charge in [0, 0.05) is 17.8 Å². The van der Waals surface area contributed by atoms with Gasteiger partial charge in [-0.3, -0.25) is 14.9 Å². The van der Waals surface area contributed by atoms with Gasteiger partial charge in [-0.05, 0) is 48.0 Å². The lowest BCUT2D eigenvalue weighted by Gasteiger charge is -2.06. The van der Waals surface area contributed by atoms with Crippen molar-refractivity contribution in [3.8, 4) is 17.7 Å². The molecular weight excluding hydrogens is 391 g/mol. The van der Waals surface area contributed by atoms with Crippen LogP contribution in [0.3, 0.4) is 0 Å². The van der Waals surface area contributed by atoms with Gasteiger partial charge in [0.25, 0.3) is 11.6 Å². The molecule has 148 valence electrons. The first-order valence-corrected chi connectivity index (χ1v) is 8.51. The lowest BCUT2D eigenvalue weighted by atomic mass is 10.1. The second kappa shape index (κ2) is 9.07. The van der Waals surface area contributed by atoms with Crippen LogP contribution in [0.2, 0.25) is 0 Å². The number of benzene rings is 2. The van der Waals surface area contributed by atoms with E-state index in [4.69, 9.17) is 4.74 Å². The van der Waals surface area contributed by atoms with E-state index in [0.29, 0.717) is 17.0 Å². The van der Waals surface area contributed by atoms with Gasteiger partial charge in [0.15, 0.2) is 0 Å². The second-order valence-electron chi connectivity index (χ2n) is 5.91. The van der Waals surface area contributed by atoms with Crippen LogP contribution < -0.4 is 10.1 Å². The molecule has 0 bridgehead atoms. The van der Waals surface area contributed by atoms with Crippen LogP contribution >= 0.6 is 0 Å². The van der Waals surface area contributed by atoms with Gasteiger partial charge >= 0.3 is 0 Å². The maximum absolute atomic E-state index is 12.9. The number of ether oxygens (including phenoxy) is 1. The fourth-order valence-corrected chi connectivity index (χ4v) is 2.34. The minimum absolute atomic E-state index is 0.134. The van der Waals surface area contributed by atoms with Crippen LogP contribution in [0.5, 0.6) is 11.6 Å². The summed E-state index contributed by atoms with van der Waals surface area (Å²) >= 11 is 0. The fourth-order valence-electron chi connectivity index (χ4n) is 2.34. The molecule has 30 heavy (non-hydrogen) atoms. The van der Waals surface area contributed by atoms with Crippen molar-refractivity contribution < 1.29 is 18.8 Å². The Balaban J connectivity index is 1.68. The SMILES string of the molecule is N#C/C(=C\c1ccc(Oc2ccc([N+](=O)[O-])cn2)cc1)C(=O)Nc1ccc(F)cc1. The first kappa shape index (κ1) is 20.2. The van der Waals surface area contributed by atoms with E-state index in [0.717, 1.165) is 6.20 Å². The number of hydrogen-bond donors (Lipinski definition) is 1. The zero-order valence-electron chi connectivity index (χ0n) is 15.3. The topological polar surface area (TPSA) is 118 Å². The summed E-state index contributed by atoms with van der Waals surface area (Å²) < 4.78 is 18.4. The smallest absolute Gasteiger partial charge is 0.287 e. The van der Waals surface area contributed by atoms with Crippen LogP contribution in [0.1, 0.15) is 5.56 Å². The van der Waals surface area contributed by atoms with Gasteiger partial charge < -0.3 is 10.1 Å². The molecular formula is C21H13FN4O4. The molecule has 0 aliphatic carbocycles. The zero-order valence-corrected chi connectivity index (χ0v) is 15.3. The number of pyridine rings is 1. The minimum atomic E-state index is -0.625. The molecule has 0 saturated carbocycles. The third-order valence-electron chi connectivity index (χ3n) is 3.81. The Morgan fingerprint density at radius 1 is 1.13 bits per heavy atom. The van der Waals surface area contributed by atoms with E-state index in [1.807, 2.05) is 6.07 Å². The first-order chi connectivity index (χ1) is 14.4. The fraction of sp³-hybridized carbons (Fsp3) is 0. The number of halogens is 1. The Morgan fingerprint density at radius 2 is 1.83 bits per heavy atom. The van der Waals surface area contributed by atoms with Crippen molar-refractivity contribution in [1.82, 2.24) is 4.98 Å². The number of anilines is 1.